The van der Waals surface area contributed by atoms with Gasteiger partial charge in [-0.3, -0.25) is 9.89 Å². The SMILES string of the molecule is CCc1ccc(-c2nc(SCC(=O)Nc3c(C(C)C)cccc3C(C)C)n[nH]2)cc1. The van der Waals surface area contributed by atoms with Gasteiger partial charge in [0.25, 0.3) is 0 Å². The maximum absolute atomic E-state index is 12.7. The number of aromatic amines is 1. The van der Waals surface area contributed by atoms with Crippen LogP contribution in [0.4, 0.5) is 5.69 Å². The highest BCUT2D eigenvalue weighted by Crippen LogP contribution is 2.32. The summed E-state index contributed by atoms with van der Waals surface area (Å²) in [5.74, 6) is 1.60. The van der Waals surface area contributed by atoms with E-state index in [1.54, 1.807) is 0 Å². The zero-order valence-corrected chi connectivity index (χ0v) is 19.1. The van der Waals surface area contributed by atoms with Gasteiger partial charge in [0.05, 0.1) is 5.75 Å². The van der Waals surface area contributed by atoms with Crippen molar-refractivity contribution >= 4 is 23.4 Å². The second kappa shape index (κ2) is 9.94. The van der Waals surface area contributed by atoms with Crippen LogP contribution in [0.25, 0.3) is 11.4 Å². The van der Waals surface area contributed by atoms with Gasteiger partial charge in [-0.1, -0.05) is 88.8 Å². The number of hydrogen-bond acceptors (Lipinski definition) is 4. The number of carbonyl (C=O) groups is 1. The van der Waals surface area contributed by atoms with E-state index in [0.717, 1.165) is 28.8 Å². The van der Waals surface area contributed by atoms with Crippen LogP contribution in [-0.2, 0) is 11.2 Å². The van der Waals surface area contributed by atoms with Crippen molar-refractivity contribution in [3.63, 3.8) is 0 Å². The summed E-state index contributed by atoms with van der Waals surface area (Å²) in [5, 5.41) is 10.9. The molecule has 6 heteroatoms. The highest BCUT2D eigenvalue weighted by atomic mass is 32.2. The van der Waals surface area contributed by atoms with Gasteiger partial charge < -0.3 is 5.32 Å². The first-order valence-electron chi connectivity index (χ1n) is 10.5. The summed E-state index contributed by atoms with van der Waals surface area (Å²) in [6, 6.07) is 14.5. The molecule has 1 heterocycles. The second-order valence-corrected chi connectivity index (χ2v) is 8.92. The monoisotopic (exact) mass is 422 g/mol. The highest BCUT2D eigenvalue weighted by molar-refractivity contribution is 7.99. The first-order chi connectivity index (χ1) is 14.4. The maximum atomic E-state index is 12.7. The minimum atomic E-state index is -0.0475. The Hall–Kier alpha value is -2.60. The third kappa shape index (κ3) is 5.30. The number of thioether (sulfide) groups is 1. The molecule has 0 aliphatic rings. The van der Waals surface area contributed by atoms with Crippen molar-refractivity contribution < 1.29 is 4.79 Å². The molecule has 0 atom stereocenters. The standard InChI is InChI=1S/C24H30N4OS/c1-6-17-10-12-18(13-11-17)23-26-24(28-27-23)30-14-21(29)25-22-19(15(2)3)8-7-9-20(22)16(4)5/h7-13,15-16H,6,14H2,1-5H3,(H,25,29)(H,26,27,28). The average Bonchev–Trinajstić information content (AvgIpc) is 3.21. The highest BCUT2D eigenvalue weighted by Gasteiger charge is 2.16. The van der Waals surface area contributed by atoms with E-state index < -0.39 is 0 Å². The molecule has 1 aromatic heterocycles. The molecule has 0 bridgehead atoms. The third-order valence-electron chi connectivity index (χ3n) is 5.07. The molecule has 3 aromatic rings. The minimum absolute atomic E-state index is 0.0475. The zero-order chi connectivity index (χ0) is 21.7. The van der Waals surface area contributed by atoms with Crippen molar-refractivity contribution in [1.82, 2.24) is 15.2 Å². The number of aromatic nitrogens is 3. The summed E-state index contributed by atoms with van der Waals surface area (Å²) in [7, 11) is 0. The van der Waals surface area contributed by atoms with Crippen LogP contribution < -0.4 is 5.32 Å². The van der Waals surface area contributed by atoms with Crippen LogP contribution in [0.5, 0.6) is 0 Å². The van der Waals surface area contributed by atoms with Crippen LogP contribution >= 0.6 is 11.8 Å². The Kier molecular flexibility index (Phi) is 7.32. The smallest absolute Gasteiger partial charge is 0.234 e. The Balaban J connectivity index is 1.66. The molecule has 158 valence electrons. The number of nitrogens with zero attached hydrogens (tertiary/aromatic N) is 2. The Morgan fingerprint density at radius 3 is 2.23 bits per heavy atom. The molecule has 0 aliphatic heterocycles. The van der Waals surface area contributed by atoms with Gasteiger partial charge in [-0.15, -0.1) is 5.10 Å². The van der Waals surface area contributed by atoms with E-state index in [-0.39, 0.29) is 11.7 Å². The first-order valence-corrected chi connectivity index (χ1v) is 11.4. The van der Waals surface area contributed by atoms with Crippen LogP contribution in [0, 0.1) is 0 Å². The van der Waals surface area contributed by atoms with E-state index in [1.807, 2.05) is 12.1 Å². The maximum Gasteiger partial charge on any atom is 0.234 e. The molecule has 0 saturated heterocycles. The largest absolute Gasteiger partial charge is 0.325 e. The molecule has 2 aromatic carbocycles. The van der Waals surface area contributed by atoms with Crippen LogP contribution in [0.1, 0.15) is 63.1 Å². The number of para-hydroxylation sites is 1. The second-order valence-electron chi connectivity index (χ2n) is 7.97. The Bertz CT molecular complexity index is 966. The van der Waals surface area contributed by atoms with Crippen molar-refractivity contribution in [3.05, 3.63) is 59.2 Å². The molecule has 30 heavy (non-hydrogen) atoms. The Morgan fingerprint density at radius 2 is 1.67 bits per heavy atom. The predicted molar refractivity (Wildman–Crippen MR) is 125 cm³/mol. The quantitative estimate of drug-likeness (QED) is 0.436. The summed E-state index contributed by atoms with van der Waals surface area (Å²) < 4.78 is 0. The van der Waals surface area contributed by atoms with Gasteiger partial charge >= 0.3 is 0 Å². The number of benzene rings is 2. The molecule has 1 amide bonds. The third-order valence-corrected chi connectivity index (χ3v) is 5.92. The number of nitrogens with one attached hydrogen (secondary N) is 2. The van der Waals surface area contributed by atoms with E-state index in [2.05, 4.69) is 85.4 Å². The number of H-pyrrole nitrogens is 1. The molecule has 0 spiro atoms. The zero-order valence-electron chi connectivity index (χ0n) is 18.3. The van der Waals surface area contributed by atoms with E-state index in [9.17, 15) is 4.79 Å². The molecule has 0 fully saturated rings. The van der Waals surface area contributed by atoms with E-state index in [1.165, 1.54) is 17.3 Å². The van der Waals surface area contributed by atoms with Gasteiger partial charge in [0.2, 0.25) is 11.1 Å². The lowest BCUT2D eigenvalue weighted by molar-refractivity contribution is -0.113. The number of carbonyl (C=O) groups excluding carboxylic acids is 1. The minimum Gasteiger partial charge on any atom is -0.325 e. The van der Waals surface area contributed by atoms with Crippen LogP contribution in [-0.4, -0.2) is 26.8 Å². The van der Waals surface area contributed by atoms with Crippen molar-refractivity contribution in [2.75, 3.05) is 11.1 Å². The summed E-state index contributed by atoms with van der Waals surface area (Å²) in [6.07, 6.45) is 1.01. The molecule has 0 unspecified atom stereocenters. The summed E-state index contributed by atoms with van der Waals surface area (Å²) in [4.78, 5) is 17.2. The predicted octanol–water partition coefficient (Wildman–Crippen LogP) is 6.01. The fourth-order valence-corrected chi connectivity index (χ4v) is 3.94. The lowest BCUT2D eigenvalue weighted by Crippen LogP contribution is -2.17. The average molecular weight is 423 g/mol. The van der Waals surface area contributed by atoms with Crippen molar-refractivity contribution in [1.29, 1.82) is 0 Å². The fraction of sp³-hybridized carbons (Fsp3) is 0.375. The summed E-state index contributed by atoms with van der Waals surface area (Å²) in [5.41, 5.74) is 5.54. The molecule has 3 rings (SSSR count). The molecular weight excluding hydrogens is 392 g/mol. The van der Waals surface area contributed by atoms with Gasteiger partial charge in [0, 0.05) is 11.3 Å². The van der Waals surface area contributed by atoms with Gasteiger partial charge in [-0.2, -0.15) is 0 Å². The van der Waals surface area contributed by atoms with E-state index >= 15 is 0 Å². The molecule has 2 N–H and O–H groups in total. The number of hydrogen-bond donors (Lipinski definition) is 2. The van der Waals surface area contributed by atoms with Gasteiger partial charge in [-0.25, -0.2) is 4.98 Å². The molecule has 0 saturated carbocycles. The van der Waals surface area contributed by atoms with Gasteiger partial charge in [0.15, 0.2) is 5.82 Å². The number of amides is 1. The normalized spacial score (nSPS) is 11.3. The van der Waals surface area contributed by atoms with Gasteiger partial charge in [-0.05, 0) is 34.9 Å². The van der Waals surface area contributed by atoms with E-state index in [4.69, 9.17) is 0 Å². The summed E-state index contributed by atoms with van der Waals surface area (Å²) in [6.45, 7) is 10.7. The lowest BCUT2D eigenvalue weighted by atomic mass is 9.92. The Morgan fingerprint density at radius 1 is 1.03 bits per heavy atom. The molecule has 0 aliphatic carbocycles. The topological polar surface area (TPSA) is 70.7 Å². The van der Waals surface area contributed by atoms with Crippen LogP contribution in [0.3, 0.4) is 0 Å². The lowest BCUT2D eigenvalue weighted by Gasteiger charge is -2.20. The van der Waals surface area contributed by atoms with Crippen LogP contribution in [0.15, 0.2) is 47.6 Å². The van der Waals surface area contributed by atoms with Gasteiger partial charge in [0.1, 0.15) is 0 Å². The Labute approximate surface area is 183 Å². The number of rotatable bonds is 8. The number of anilines is 1. The summed E-state index contributed by atoms with van der Waals surface area (Å²) >= 11 is 1.33. The van der Waals surface area contributed by atoms with Crippen molar-refractivity contribution in [2.24, 2.45) is 0 Å². The van der Waals surface area contributed by atoms with E-state index in [0.29, 0.717) is 22.8 Å². The molecule has 0 radical (unpaired) electrons. The first kappa shape index (κ1) is 22.1. The van der Waals surface area contributed by atoms with Crippen LogP contribution in [0.2, 0.25) is 0 Å². The van der Waals surface area contributed by atoms with Crippen molar-refractivity contribution in [3.8, 4) is 11.4 Å². The number of aryl methyl sites for hydroxylation is 1. The van der Waals surface area contributed by atoms with Crippen molar-refractivity contribution in [2.45, 2.75) is 58.0 Å². The molecule has 5 nitrogen and oxygen atoms in total. The fourth-order valence-electron chi connectivity index (χ4n) is 3.34. The molecular formula is C24H30N4OS.